The average molecular weight is 470 g/mol. The molecule has 5 rings (SSSR count). The van der Waals surface area contributed by atoms with E-state index in [2.05, 4.69) is 22.8 Å². The molecule has 4 heterocycles. The first-order chi connectivity index (χ1) is 15.7. The molecule has 11 heteroatoms. The molecule has 2 aromatic rings. The largest absolute Gasteiger partial charge is 0.418 e. The van der Waals surface area contributed by atoms with Crippen LogP contribution in [0.25, 0.3) is 5.52 Å². The van der Waals surface area contributed by atoms with Crippen molar-refractivity contribution >= 4 is 5.52 Å². The van der Waals surface area contributed by atoms with Crippen molar-refractivity contribution in [3.63, 3.8) is 0 Å². The van der Waals surface area contributed by atoms with E-state index in [0.29, 0.717) is 19.1 Å². The minimum absolute atomic E-state index is 0.000566. The van der Waals surface area contributed by atoms with E-state index in [-0.39, 0.29) is 28.7 Å². The van der Waals surface area contributed by atoms with Gasteiger partial charge in [-0.15, -0.1) is 0 Å². The van der Waals surface area contributed by atoms with Crippen molar-refractivity contribution in [2.45, 2.75) is 57.1 Å². The number of aliphatic hydroxyl groups is 1. The van der Waals surface area contributed by atoms with Gasteiger partial charge in [-0.1, -0.05) is 6.42 Å². The number of fused-ring (bicyclic) bond motifs is 1. The maximum atomic E-state index is 13.7. The maximum Gasteiger partial charge on any atom is 0.418 e. The van der Waals surface area contributed by atoms with Crippen molar-refractivity contribution in [2.24, 2.45) is 11.3 Å². The Morgan fingerprint density at radius 3 is 2.67 bits per heavy atom. The molecule has 1 aliphatic carbocycles. The lowest BCUT2D eigenvalue weighted by atomic mass is 9.64. The Kier molecular flexibility index (Phi) is 5.81. The van der Waals surface area contributed by atoms with Gasteiger partial charge in [0, 0.05) is 23.9 Å². The molecule has 8 nitrogen and oxygen atoms in total. The molecule has 3 fully saturated rings. The summed E-state index contributed by atoms with van der Waals surface area (Å²) in [6, 6.07) is 0.752. The van der Waals surface area contributed by atoms with Crippen LogP contribution >= 0.6 is 0 Å². The summed E-state index contributed by atoms with van der Waals surface area (Å²) in [6.07, 6.45) is 2.56. The van der Waals surface area contributed by atoms with E-state index in [9.17, 15) is 23.1 Å². The second-order valence-electron chi connectivity index (χ2n) is 9.82. The number of imidazole rings is 1. The highest BCUT2D eigenvalue weighted by molar-refractivity contribution is 5.56. The lowest BCUT2D eigenvalue weighted by Crippen LogP contribution is -2.54. The van der Waals surface area contributed by atoms with Crippen molar-refractivity contribution in [2.75, 3.05) is 26.9 Å². The molecule has 2 aliphatic heterocycles. The molecule has 182 valence electrons. The number of aromatic nitrogens is 2. The average Bonchev–Trinajstić information content (AvgIpc) is 3.32. The second-order valence-corrected chi connectivity index (χ2v) is 9.82. The number of halogens is 3. The first kappa shape index (κ1) is 22.9. The lowest BCUT2D eigenvalue weighted by Gasteiger charge is -2.51. The van der Waals surface area contributed by atoms with Gasteiger partial charge in [-0.25, -0.2) is 15.6 Å². The molecule has 3 unspecified atom stereocenters. The minimum atomic E-state index is -4.62. The van der Waals surface area contributed by atoms with Gasteiger partial charge in [0.1, 0.15) is 0 Å². The fourth-order valence-electron chi connectivity index (χ4n) is 5.80. The number of alkyl halides is 3. The van der Waals surface area contributed by atoms with Gasteiger partial charge in [0.05, 0.1) is 43.7 Å². The van der Waals surface area contributed by atoms with E-state index in [1.165, 1.54) is 17.0 Å². The van der Waals surface area contributed by atoms with Crippen LogP contribution in [0.1, 0.15) is 49.3 Å². The van der Waals surface area contributed by atoms with Crippen LogP contribution in [-0.4, -0.2) is 52.1 Å². The van der Waals surface area contributed by atoms with E-state index in [4.69, 9.17) is 4.74 Å². The van der Waals surface area contributed by atoms with Gasteiger partial charge in [-0.3, -0.25) is 13.9 Å². The molecule has 0 amide bonds. The van der Waals surface area contributed by atoms with Gasteiger partial charge in [0.2, 0.25) is 0 Å². The molecular weight excluding hydrogens is 439 g/mol. The van der Waals surface area contributed by atoms with Crippen LogP contribution in [-0.2, 0) is 17.5 Å². The lowest BCUT2D eigenvalue weighted by molar-refractivity contribution is -0.167. The number of rotatable bonds is 5. The SMILES string of the molecule is CN1CNNC1CC1(C2CCCC(n3cc4c(C(F)(F)F)cc(CO)cn4c3=O)C2)COC1. The van der Waals surface area contributed by atoms with Gasteiger partial charge in [0.15, 0.2) is 0 Å². The van der Waals surface area contributed by atoms with Crippen LogP contribution in [0.4, 0.5) is 13.2 Å². The number of hydrogen-bond donors (Lipinski definition) is 3. The van der Waals surface area contributed by atoms with Crippen LogP contribution in [0.2, 0.25) is 0 Å². The third kappa shape index (κ3) is 3.99. The zero-order valence-electron chi connectivity index (χ0n) is 18.6. The number of aliphatic hydroxyl groups excluding tert-OH is 1. The van der Waals surface area contributed by atoms with E-state index < -0.39 is 24.0 Å². The molecular formula is C22H30F3N5O3. The normalized spacial score (nSPS) is 28.3. The summed E-state index contributed by atoms with van der Waals surface area (Å²) < 4.78 is 49.2. The Bertz CT molecular complexity index is 1080. The Hall–Kier alpha value is -1.92. The van der Waals surface area contributed by atoms with E-state index >= 15 is 0 Å². The summed E-state index contributed by atoms with van der Waals surface area (Å²) >= 11 is 0. The first-order valence-corrected chi connectivity index (χ1v) is 11.4. The van der Waals surface area contributed by atoms with Crippen LogP contribution in [0.15, 0.2) is 23.3 Å². The second kappa shape index (κ2) is 8.38. The smallest absolute Gasteiger partial charge is 0.392 e. The Balaban J connectivity index is 1.45. The monoisotopic (exact) mass is 469 g/mol. The summed E-state index contributed by atoms with van der Waals surface area (Å²) in [4.78, 5) is 15.4. The van der Waals surface area contributed by atoms with Crippen LogP contribution in [0.3, 0.4) is 0 Å². The predicted octanol–water partition coefficient (Wildman–Crippen LogP) is 2.07. The molecule has 3 N–H and O–H groups in total. The Morgan fingerprint density at radius 2 is 2.06 bits per heavy atom. The summed E-state index contributed by atoms with van der Waals surface area (Å²) in [5.41, 5.74) is 4.96. The van der Waals surface area contributed by atoms with Gasteiger partial charge < -0.3 is 9.84 Å². The summed E-state index contributed by atoms with van der Waals surface area (Å²) in [5.74, 6) is 0.325. The van der Waals surface area contributed by atoms with Gasteiger partial charge >= 0.3 is 11.9 Å². The molecule has 0 radical (unpaired) electrons. The van der Waals surface area contributed by atoms with Crippen molar-refractivity contribution in [1.82, 2.24) is 24.7 Å². The molecule has 33 heavy (non-hydrogen) atoms. The summed E-state index contributed by atoms with van der Waals surface area (Å²) in [7, 11) is 2.06. The van der Waals surface area contributed by atoms with Gasteiger partial charge in [-0.05, 0) is 50.3 Å². The third-order valence-corrected chi connectivity index (χ3v) is 7.75. The molecule has 0 spiro atoms. The highest BCUT2D eigenvalue weighted by atomic mass is 19.4. The number of hydrazine groups is 1. The van der Waals surface area contributed by atoms with Gasteiger partial charge in [-0.2, -0.15) is 13.2 Å². The number of hydrogen-bond acceptors (Lipinski definition) is 6. The number of ether oxygens (including phenoxy) is 1. The molecule has 3 aliphatic rings. The fraction of sp³-hybridized carbons (Fsp3) is 0.682. The molecule has 2 aromatic heterocycles. The quantitative estimate of drug-likeness (QED) is 0.622. The maximum absolute atomic E-state index is 13.7. The molecule has 3 atom stereocenters. The molecule has 0 bridgehead atoms. The number of pyridine rings is 1. The van der Waals surface area contributed by atoms with E-state index in [1.807, 2.05) is 0 Å². The van der Waals surface area contributed by atoms with Crippen molar-refractivity contribution in [3.8, 4) is 0 Å². The minimum Gasteiger partial charge on any atom is -0.392 e. The van der Waals surface area contributed by atoms with Crippen LogP contribution in [0.5, 0.6) is 0 Å². The molecule has 0 aromatic carbocycles. The van der Waals surface area contributed by atoms with Crippen molar-refractivity contribution < 1.29 is 23.0 Å². The van der Waals surface area contributed by atoms with Crippen molar-refractivity contribution in [1.29, 1.82) is 0 Å². The van der Waals surface area contributed by atoms with E-state index in [1.54, 1.807) is 0 Å². The molecule has 1 saturated carbocycles. The van der Waals surface area contributed by atoms with Gasteiger partial charge in [0.25, 0.3) is 0 Å². The fourth-order valence-corrected chi connectivity index (χ4v) is 5.80. The zero-order valence-corrected chi connectivity index (χ0v) is 18.6. The number of nitrogens with one attached hydrogen (secondary N) is 2. The third-order valence-electron chi connectivity index (χ3n) is 7.75. The van der Waals surface area contributed by atoms with E-state index in [0.717, 1.165) is 49.2 Å². The highest BCUT2D eigenvalue weighted by Crippen LogP contribution is 2.49. The standard InChI is InChI=1S/C22H30F3N5O3/c1-28-13-26-27-19(28)7-21(11-33-12-21)15-3-2-4-16(6-15)29-9-18-17(22(23,24)25)5-14(10-31)8-30(18)20(29)32/h5,8-9,15-16,19,26-27,31H,2-4,6-7,10-13H2,1H3. The number of nitrogens with zero attached hydrogens (tertiary/aromatic N) is 3. The summed E-state index contributed by atoms with van der Waals surface area (Å²) in [6.45, 7) is 1.53. The van der Waals surface area contributed by atoms with Crippen molar-refractivity contribution in [3.05, 3.63) is 40.1 Å². The van der Waals surface area contributed by atoms with Crippen LogP contribution in [0, 0.1) is 11.3 Å². The molecule has 2 saturated heterocycles. The predicted molar refractivity (Wildman–Crippen MR) is 114 cm³/mol. The highest BCUT2D eigenvalue weighted by Gasteiger charge is 2.49. The first-order valence-electron chi connectivity index (χ1n) is 11.4. The Morgan fingerprint density at radius 1 is 1.27 bits per heavy atom. The Labute approximate surface area is 189 Å². The van der Waals surface area contributed by atoms with Crippen LogP contribution < -0.4 is 16.5 Å². The zero-order chi connectivity index (χ0) is 23.4. The topological polar surface area (TPSA) is 83.2 Å². The summed E-state index contributed by atoms with van der Waals surface area (Å²) in [5, 5.41) is 9.41.